The van der Waals surface area contributed by atoms with Crippen LogP contribution in [0.2, 0.25) is 0 Å². The van der Waals surface area contributed by atoms with Crippen LogP contribution < -0.4 is 11.1 Å². The van der Waals surface area contributed by atoms with Gasteiger partial charge in [0.25, 0.3) is 0 Å². The third-order valence-corrected chi connectivity index (χ3v) is 5.81. The lowest BCUT2D eigenvalue weighted by atomic mass is 10.0. The summed E-state index contributed by atoms with van der Waals surface area (Å²) in [5, 5.41) is 2.40. The molecule has 1 N–H and O–H groups in total. The second-order valence-corrected chi connectivity index (χ2v) is 8.28. The van der Waals surface area contributed by atoms with Crippen LogP contribution in [0, 0.1) is 0 Å². The fourth-order valence-electron chi connectivity index (χ4n) is 2.95. The largest absolute Gasteiger partial charge is 0.444 e. The minimum absolute atomic E-state index is 0.112. The number of nitrogens with zero attached hydrogens (tertiary/aromatic N) is 1. The van der Waals surface area contributed by atoms with Gasteiger partial charge in [-0.2, -0.15) is 11.8 Å². The molecule has 4 nitrogen and oxygen atoms in total. The molecule has 26 heavy (non-hydrogen) atoms. The lowest BCUT2D eigenvalue weighted by molar-refractivity contribution is 0.114. The van der Waals surface area contributed by atoms with Gasteiger partial charge in [-0.15, -0.1) is 5.73 Å². The van der Waals surface area contributed by atoms with E-state index in [1.54, 1.807) is 11.8 Å². The number of hydrogen-bond donors (Lipinski definition) is 1. The minimum Gasteiger partial charge on any atom is -0.444 e. The van der Waals surface area contributed by atoms with Gasteiger partial charge in [-0.05, 0) is 12.2 Å². The summed E-state index contributed by atoms with van der Waals surface area (Å²) in [5.74, 6) is 1.74. The molecule has 0 spiro atoms. The summed E-state index contributed by atoms with van der Waals surface area (Å²) in [7, 11) is 1.53. The summed E-state index contributed by atoms with van der Waals surface area (Å²) >= 11 is 1.76. The van der Waals surface area contributed by atoms with E-state index in [0.29, 0.717) is 5.75 Å². The zero-order valence-electron chi connectivity index (χ0n) is 17.3. The van der Waals surface area contributed by atoms with Crippen molar-refractivity contribution in [3.05, 3.63) is 0 Å². The molecule has 0 fully saturated rings. The molecular weight excluding hydrogens is 344 g/mol. The summed E-state index contributed by atoms with van der Waals surface area (Å²) in [6.07, 6.45) is 18.4. The zero-order chi connectivity index (χ0) is 19.3. The Morgan fingerprint density at radius 3 is 1.77 bits per heavy atom. The van der Waals surface area contributed by atoms with Gasteiger partial charge in [0.15, 0.2) is 0 Å². The molecule has 154 valence electrons. The third-order valence-electron chi connectivity index (χ3n) is 4.63. The van der Waals surface area contributed by atoms with E-state index in [-0.39, 0.29) is 6.54 Å². The van der Waals surface area contributed by atoms with Crippen LogP contribution in [0.3, 0.4) is 0 Å². The van der Waals surface area contributed by atoms with Gasteiger partial charge in [0.1, 0.15) is 6.10 Å². The van der Waals surface area contributed by atoms with Crippen molar-refractivity contribution < 1.29 is 9.53 Å². The Morgan fingerprint density at radius 2 is 1.35 bits per heavy atom. The number of ether oxygens (including phenoxy) is 1. The van der Waals surface area contributed by atoms with E-state index < -0.39 is 12.2 Å². The molecule has 1 amide bonds. The van der Waals surface area contributed by atoms with Crippen molar-refractivity contribution in [2.24, 2.45) is 0 Å². The Kier molecular flexibility index (Phi) is 20.5. The average Bonchev–Trinajstić information content (AvgIpc) is 2.66. The summed E-state index contributed by atoms with van der Waals surface area (Å²) in [4.78, 5) is 11.1. The van der Waals surface area contributed by atoms with Crippen molar-refractivity contribution in [2.75, 3.05) is 25.1 Å². The molecule has 1 unspecified atom stereocenters. The predicted octanol–water partition coefficient (Wildman–Crippen LogP) is 5.99. The van der Waals surface area contributed by atoms with E-state index in [2.05, 4.69) is 12.2 Å². The highest BCUT2D eigenvalue weighted by molar-refractivity contribution is 7.99. The lowest BCUT2D eigenvalue weighted by Crippen LogP contribution is -2.30. The van der Waals surface area contributed by atoms with Crippen LogP contribution >= 0.6 is 11.8 Å². The zero-order valence-corrected chi connectivity index (χ0v) is 18.1. The monoisotopic (exact) mass is 386 g/mol. The fourth-order valence-corrected chi connectivity index (χ4v) is 3.96. The molecule has 0 heterocycles. The molecule has 0 aliphatic carbocycles. The molecule has 1 atom stereocenters. The van der Waals surface area contributed by atoms with Gasteiger partial charge in [-0.3, -0.25) is 0 Å². The number of amides is 1. The Morgan fingerprint density at radius 1 is 0.885 bits per heavy atom. The number of alkyl carbamates (subject to hydrolysis) is 1. The first-order valence-electron chi connectivity index (χ1n) is 10.8. The Balaban J connectivity index is 3.20. The van der Waals surface area contributed by atoms with Crippen molar-refractivity contribution in [3.8, 4) is 0 Å². The minimum atomic E-state index is -0.471. The van der Waals surface area contributed by atoms with Crippen molar-refractivity contribution in [1.82, 2.24) is 11.1 Å². The van der Waals surface area contributed by atoms with Crippen LogP contribution in [0.4, 0.5) is 4.79 Å². The van der Waals surface area contributed by atoms with E-state index in [9.17, 15) is 10.5 Å². The molecule has 0 aromatic heterocycles. The van der Waals surface area contributed by atoms with Gasteiger partial charge >= 0.3 is 6.09 Å². The average molecular weight is 387 g/mol. The van der Waals surface area contributed by atoms with Gasteiger partial charge in [0, 0.05) is 12.8 Å². The number of carbonyl (C=O) groups excluding carboxylic acids is 1. The third kappa shape index (κ3) is 18.4. The molecule has 0 saturated carbocycles. The van der Waals surface area contributed by atoms with Crippen LogP contribution in [-0.2, 0) is 4.74 Å². The van der Waals surface area contributed by atoms with Gasteiger partial charge in [0.2, 0.25) is 0 Å². The number of hydrogen-bond acceptors (Lipinski definition) is 3. The fraction of sp³-hybridized carbons (Fsp3) is 0.952. The summed E-state index contributed by atoms with van der Waals surface area (Å²) in [6, 6.07) is 0. The first kappa shape index (κ1) is 25.6. The second kappa shape index (κ2) is 20.9. The molecule has 0 aromatic carbocycles. The number of thioether (sulfide) groups is 1. The van der Waals surface area contributed by atoms with Gasteiger partial charge in [0.05, 0.1) is 6.54 Å². The summed E-state index contributed by atoms with van der Waals surface area (Å²) in [5.41, 5.74) is 9.18. The molecule has 0 rings (SSSR count). The van der Waals surface area contributed by atoms with Crippen molar-refractivity contribution in [1.29, 1.82) is 0 Å². The van der Waals surface area contributed by atoms with Gasteiger partial charge in [-0.25, -0.2) is 4.79 Å². The SMILES string of the molecule is CCCCCCCCCCCCCCCCSCC(C[N])OC(=O)NC. The standard InChI is InChI=1S/C21H42N2O2S/c1-3-4-5-6-7-8-9-10-11-12-13-14-15-16-17-26-19-20(18-22)25-21(24)23-2/h20H,3-19H2,1-2H3,(H,23,24). The summed E-state index contributed by atoms with van der Waals surface area (Å²) in [6.45, 7) is 2.16. The van der Waals surface area contributed by atoms with E-state index in [4.69, 9.17) is 4.74 Å². The Labute approximate surface area is 166 Å². The smallest absolute Gasteiger partial charge is 0.407 e. The molecule has 0 aliphatic rings. The maximum absolute atomic E-state index is 11.1. The quantitative estimate of drug-likeness (QED) is 0.277. The number of unbranched alkanes of at least 4 members (excludes halogenated alkanes) is 13. The molecule has 0 aromatic rings. The van der Waals surface area contributed by atoms with E-state index in [0.717, 1.165) is 5.75 Å². The van der Waals surface area contributed by atoms with Crippen LogP contribution in [0.15, 0.2) is 0 Å². The number of nitrogens with one attached hydrogen (secondary N) is 1. The van der Waals surface area contributed by atoms with Crippen molar-refractivity contribution >= 4 is 17.9 Å². The second-order valence-electron chi connectivity index (χ2n) is 7.13. The van der Waals surface area contributed by atoms with Crippen LogP contribution in [0.25, 0.3) is 0 Å². The maximum Gasteiger partial charge on any atom is 0.407 e. The lowest BCUT2D eigenvalue weighted by Gasteiger charge is -2.14. The van der Waals surface area contributed by atoms with E-state index >= 15 is 0 Å². The molecule has 0 saturated heterocycles. The van der Waals surface area contributed by atoms with Crippen molar-refractivity contribution in [2.45, 2.75) is 103 Å². The Bertz CT molecular complexity index is 304. The highest BCUT2D eigenvalue weighted by atomic mass is 32.2. The van der Waals surface area contributed by atoms with E-state index in [1.807, 2.05) is 0 Å². The topological polar surface area (TPSA) is 60.6 Å². The molecular formula is C21H42N2O2S. The molecule has 0 aliphatic heterocycles. The predicted molar refractivity (Wildman–Crippen MR) is 114 cm³/mol. The molecule has 0 bridgehead atoms. The first-order valence-corrected chi connectivity index (χ1v) is 12.0. The maximum atomic E-state index is 11.1. The van der Waals surface area contributed by atoms with Gasteiger partial charge < -0.3 is 10.1 Å². The van der Waals surface area contributed by atoms with Gasteiger partial charge in [-0.1, -0.05) is 90.4 Å². The van der Waals surface area contributed by atoms with Crippen LogP contribution in [0.5, 0.6) is 0 Å². The first-order chi connectivity index (χ1) is 12.7. The van der Waals surface area contributed by atoms with Crippen LogP contribution in [0.1, 0.15) is 96.8 Å². The normalized spacial score (nSPS) is 12.1. The highest BCUT2D eigenvalue weighted by Crippen LogP contribution is 2.14. The van der Waals surface area contributed by atoms with E-state index in [1.165, 1.54) is 96.9 Å². The van der Waals surface area contributed by atoms with Crippen molar-refractivity contribution in [3.63, 3.8) is 0 Å². The molecule has 5 heteroatoms. The number of rotatable bonds is 19. The van der Waals surface area contributed by atoms with Crippen LogP contribution in [-0.4, -0.2) is 37.3 Å². The highest BCUT2D eigenvalue weighted by Gasteiger charge is 2.12. The number of carbonyl (C=O) groups is 1. The molecule has 2 radical (unpaired) electrons. The summed E-state index contributed by atoms with van der Waals surface area (Å²) < 4.78 is 5.05. The Hall–Kier alpha value is -0.420.